The van der Waals surface area contributed by atoms with Crippen LogP contribution in [-0.4, -0.2) is 15.9 Å². The summed E-state index contributed by atoms with van der Waals surface area (Å²) in [4.78, 5) is 17.1. The lowest BCUT2D eigenvalue weighted by atomic mass is 10.1. The van der Waals surface area contributed by atoms with E-state index in [-0.39, 0.29) is 12.1 Å². The maximum atomic E-state index is 10.4. The van der Waals surface area contributed by atoms with E-state index in [2.05, 4.69) is 0 Å². The van der Waals surface area contributed by atoms with Crippen LogP contribution >= 0.6 is 7.60 Å². The zero-order chi connectivity index (χ0) is 8.32. The quantitative estimate of drug-likeness (QED) is 0.634. The molecule has 0 fully saturated rings. The van der Waals surface area contributed by atoms with Crippen LogP contribution in [0.1, 0.15) is 6.42 Å². The fourth-order valence-electron chi connectivity index (χ4n) is 0.988. The Kier molecular flexibility index (Phi) is 2.66. The van der Waals surface area contributed by atoms with Gasteiger partial charge in [-0.3, -0.25) is 4.57 Å². The molecule has 3 nitrogen and oxygen atoms in total. The minimum atomic E-state index is -3.79. The van der Waals surface area contributed by atoms with Crippen LogP contribution in [0.3, 0.4) is 0 Å². The van der Waals surface area contributed by atoms with Gasteiger partial charge in [0.05, 0.1) is 6.16 Å². The number of hydrogen-bond acceptors (Lipinski definition) is 1. The maximum absolute atomic E-state index is 10.4. The third-order valence-corrected chi connectivity index (χ3v) is 2.42. The molecule has 0 amide bonds. The van der Waals surface area contributed by atoms with E-state index in [1.165, 1.54) is 0 Å². The summed E-state index contributed by atoms with van der Waals surface area (Å²) in [5.41, 5.74) is 0. The highest BCUT2D eigenvalue weighted by Gasteiger charge is 2.15. The predicted molar refractivity (Wildman–Crippen MR) is 43.3 cm³/mol. The molecule has 0 aromatic heterocycles. The highest BCUT2D eigenvalue weighted by molar-refractivity contribution is 7.51. The summed E-state index contributed by atoms with van der Waals surface area (Å²) >= 11 is 0. The van der Waals surface area contributed by atoms with E-state index in [0.29, 0.717) is 6.42 Å². The highest BCUT2D eigenvalue weighted by Crippen LogP contribution is 2.36. The Balaban J connectivity index is 2.28. The zero-order valence-electron chi connectivity index (χ0n) is 6.05. The summed E-state index contributed by atoms with van der Waals surface area (Å²) in [6, 6.07) is 0. The van der Waals surface area contributed by atoms with Gasteiger partial charge >= 0.3 is 7.60 Å². The van der Waals surface area contributed by atoms with Crippen molar-refractivity contribution in [3.8, 4) is 0 Å². The molecule has 1 rings (SSSR count). The number of allylic oxidation sites excluding steroid dienone is 4. The van der Waals surface area contributed by atoms with Gasteiger partial charge in [-0.1, -0.05) is 24.3 Å². The maximum Gasteiger partial charge on any atom is 0.325 e. The van der Waals surface area contributed by atoms with Crippen LogP contribution < -0.4 is 0 Å². The minimum Gasteiger partial charge on any atom is -0.324 e. The second-order valence-corrected chi connectivity index (χ2v) is 4.39. The molecule has 0 unspecified atom stereocenters. The van der Waals surface area contributed by atoms with Crippen molar-refractivity contribution in [2.75, 3.05) is 6.16 Å². The minimum absolute atomic E-state index is 0.0215. The second kappa shape index (κ2) is 3.35. The summed E-state index contributed by atoms with van der Waals surface area (Å²) in [5, 5.41) is 0. The molecule has 0 spiro atoms. The fraction of sp³-hybridized carbons (Fsp3) is 0.429. The molecule has 11 heavy (non-hydrogen) atoms. The summed E-state index contributed by atoms with van der Waals surface area (Å²) < 4.78 is 10.4. The average Bonchev–Trinajstić information content (AvgIpc) is 2.32. The predicted octanol–water partition coefficient (Wildman–Crippen LogP) is 1.30. The first kappa shape index (κ1) is 8.72. The summed E-state index contributed by atoms with van der Waals surface area (Å²) in [6.45, 7) is 0. The van der Waals surface area contributed by atoms with E-state index in [1.807, 2.05) is 24.3 Å². The van der Waals surface area contributed by atoms with Crippen molar-refractivity contribution in [2.45, 2.75) is 6.42 Å². The molecule has 4 heteroatoms. The van der Waals surface area contributed by atoms with Crippen LogP contribution in [0.25, 0.3) is 0 Å². The van der Waals surface area contributed by atoms with Crippen molar-refractivity contribution < 1.29 is 14.4 Å². The van der Waals surface area contributed by atoms with E-state index in [9.17, 15) is 4.57 Å². The van der Waals surface area contributed by atoms with E-state index in [4.69, 9.17) is 9.79 Å². The van der Waals surface area contributed by atoms with Crippen LogP contribution in [0.2, 0.25) is 0 Å². The molecule has 1 aliphatic carbocycles. The Hall–Kier alpha value is -0.370. The van der Waals surface area contributed by atoms with Crippen LogP contribution in [0, 0.1) is 5.92 Å². The van der Waals surface area contributed by atoms with Crippen molar-refractivity contribution in [3.05, 3.63) is 24.3 Å². The number of hydrogen-bond donors (Lipinski definition) is 2. The Labute approximate surface area is 65.6 Å². The molecule has 0 bridgehead atoms. The van der Waals surface area contributed by atoms with Gasteiger partial charge in [0.2, 0.25) is 0 Å². The van der Waals surface area contributed by atoms with Crippen LogP contribution in [0.4, 0.5) is 0 Å². The summed E-state index contributed by atoms with van der Waals surface area (Å²) in [5.74, 6) is 0.225. The van der Waals surface area contributed by atoms with Gasteiger partial charge in [0.15, 0.2) is 0 Å². The molecule has 0 saturated heterocycles. The molecule has 0 heterocycles. The van der Waals surface area contributed by atoms with Crippen molar-refractivity contribution in [1.82, 2.24) is 0 Å². The van der Waals surface area contributed by atoms with Gasteiger partial charge in [-0.25, -0.2) is 0 Å². The van der Waals surface area contributed by atoms with E-state index >= 15 is 0 Å². The molecule has 0 saturated carbocycles. The molecular weight excluding hydrogens is 163 g/mol. The second-order valence-electron chi connectivity index (χ2n) is 2.61. The normalized spacial score (nSPS) is 18.0. The largest absolute Gasteiger partial charge is 0.325 e. The molecule has 0 radical (unpaired) electrons. The standard InChI is InChI=1S/C7H11O3P/c8-11(9,10)6-5-7-3-1-2-4-7/h1-4,7H,5-6H2,(H2,8,9,10). The molecule has 1 aliphatic rings. The van der Waals surface area contributed by atoms with Crippen molar-refractivity contribution in [2.24, 2.45) is 5.92 Å². The first-order valence-electron chi connectivity index (χ1n) is 3.47. The van der Waals surface area contributed by atoms with Gasteiger partial charge in [-0.15, -0.1) is 0 Å². The van der Waals surface area contributed by atoms with Crippen LogP contribution in [0.5, 0.6) is 0 Å². The molecule has 0 aromatic carbocycles. The van der Waals surface area contributed by atoms with Gasteiger partial charge in [-0.05, 0) is 12.3 Å². The first-order chi connectivity index (χ1) is 5.08. The van der Waals surface area contributed by atoms with Gasteiger partial charge in [0, 0.05) is 0 Å². The Morgan fingerprint density at radius 1 is 1.27 bits per heavy atom. The Morgan fingerprint density at radius 2 is 1.82 bits per heavy atom. The lowest BCUT2D eigenvalue weighted by Crippen LogP contribution is -1.95. The SMILES string of the molecule is O=P(O)(O)CCC1C=CC=C1. The van der Waals surface area contributed by atoms with Gasteiger partial charge in [-0.2, -0.15) is 0 Å². The van der Waals surface area contributed by atoms with Gasteiger partial charge < -0.3 is 9.79 Å². The fourth-order valence-corrected chi connectivity index (χ4v) is 1.62. The molecular formula is C7H11O3P. The smallest absolute Gasteiger partial charge is 0.324 e. The highest BCUT2D eigenvalue weighted by atomic mass is 31.2. The molecule has 62 valence electrons. The lowest BCUT2D eigenvalue weighted by Gasteiger charge is -2.05. The topological polar surface area (TPSA) is 57.5 Å². The Morgan fingerprint density at radius 3 is 2.27 bits per heavy atom. The van der Waals surface area contributed by atoms with Crippen molar-refractivity contribution in [3.63, 3.8) is 0 Å². The van der Waals surface area contributed by atoms with E-state index < -0.39 is 7.60 Å². The lowest BCUT2D eigenvalue weighted by molar-refractivity contribution is 0.370. The zero-order valence-corrected chi connectivity index (χ0v) is 6.95. The Bertz CT molecular complexity index is 214. The van der Waals surface area contributed by atoms with Gasteiger partial charge in [0.1, 0.15) is 0 Å². The summed E-state index contributed by atoms with van der Waals surface area (Å²) in [6.07, 6.45) is 8.18. The third kappa shape index (κ3) is 3.51. The van der Waals surface area contributed by atoms with E-state index in [1.54, 1.807) is 0 Å². The first-order valence-corrected chi connectivity index (χ1v) is 5.27. The number of rotatable bonds is 3. The van der Waals surface area contributed by atoms with Crippen LogP contribution in [0.15, 0.2) is 24.3 Å². The van der Waals surface area contributed by atoms with Crippen molar-refractivity contribution in [1.29, 1.82) is 0 Å². The molecule has 0 atom stereocenters. The molecule has 0 aromatic rings. The van der Waals surface area contributed by atoms with Gasteiger partial charge in [0.25, 0.3) is 0 Å². The average molecular weight is 174 g/mol. The molecule has 2 N–H and O–H groups in total. The molecule has 0 aliphatic heterocycles. The van der Waals surface area contributed by atoms with E-state index in [0.717, 1.165) is 0 Å². The van der Waals surface area contributed by atoms with Crippen molar-refractivity contribution >= 4 is 7.60 Å². The third-order valence-electron chi connectivity index (χ3n) is 1.58. The summed E-state index contributed by atoms with van der Waals surface area (Å²) in [7, 11) is -3.79. The monoisotopic (exact) mass is 174 g/mol. The van der Waals surface area contributed by atoms with Crippen LogP contribution in [-0.2, 0) is 4.57 Å².